The minimum absolute atomic E-state index is 0.331. The Balaban J connectivity index is 1.88. The summed E-state index contributed by atoms with van der Waals surface area (Å²) in [5, 5.41) is 3.37. The molecule has 0 fully saturated rings. The number of aryl methyl sites for hydroxylation is 1. The maximum Gasteiger partial charge on any atom is 0.344 e. The van der Waals surface area contributed by atoms with Crippen molar-refractivity contribution in [1.82, 2.24) is 0 Å². The lowest BCUT2D eigenvalue weighted by Crippen LogP contribution is -2.00. The summed E-state index contributed by atoms with van der Waals surface area (Å²) in [5.41, 5.74) is 3.82. The number of ether oxygens (including phenoxy) is 1. The Hall–Kier alpha value is -3.53. The molecule has 132 valence electrons. The van der Waals surface area contributed by atoms with Crippen LogP contribution in [0.2, 0.25) is 0 Å². The highest BCUT2D eigenvalue weighted by atomic mass is 16.5. The molecule has 27 heavy (non-hydrogen) atoms. The minimum atomic E-state index is -0.331. The summed E-state index contributed by atoms with van der Waals surface area (Å²) in [4.78, 5) is 12.4. The van der Waals surface area contributed by atoms with E-state index in [0.29, 0.717) is 11.0 Å². The van der Waals surface area contributed by atoms with Crippen molar-refractivity contribution >= 4 is 32.7 Å². The van der Waals surface area contributed by atoms with Crippen molar-refractivity contribution in [1.29, 1.82) is 0 Å². The first-order valence-corrected chi connectivity index (χ1v) is 8.68. The molecule has 0 saturated heterocycles. The van der Waals surface area contributed by atoms with Gasteiger partial charge in [0.2, 0.25) is 0 Å². The number of hydrogen-bond donors (Lipinski definition) is 0. The number of benzene rings is 3. The molecule has 2 heterocycles. The summed E-state index contributed by atoms with van der Waals surface area (Å²) in [5.74, 6) is 0.806. The first kappa shape index (κ1) is 15.7. The lowest BCUT2D eigenvalue weighted by molar-refractivity contribution is 0.415. The third-order valence-electron chi connectivity index (χ3n) is 5.08. The van der Waals surface area contributed by atoms with E-state index in [1.165, 1.54) is 0 Å². The van der Waals surface area contributed by atoms with Crippen LogP contribution >= 0.6 is 0 Å². The standard InChI is InChI=1S/C23H16O4/c1-13-21-19(20(12-26-21)14-7-9-15(25-2)10-8-14)11-18-16-5-3-4-6-17(16)23(24)27-22(13)18/h3-12H,1-2H3. The summed E-state index contributed by atoms with van der Waals surface area (Å²) >= 11 is 0. The lowest BCUT2D eigenvalue weighted by Gasteiger charge is -2.07. The van der Waals surface area contributed by atoms with Crippen LogP contribution in [0.3, 0.4) is 0 Å². The highest BCUT2D eigenvalue weighted by Gasteiger charge is 2.17. The molecule has 0 N–H and O–H groups in total. The topological polar surface area (TPSA) is 52.6 Å². The van der Waals surface area contributed by atoms with Crippen molar-refractivity contribution in [3.63, 3.8) is 0 Å². The maximum atomic E-state index is 12.4. The first-order valence-electron chi connectivity index (χ1n) is 8.68. The minimum Gasteiger partial charge on any atom is -0.497 e. The van der Waals surface area contributed by atoms with E-state index < -0.39 is 0 Å². The summed E-state index contributed by atoms with van der Waals surface area (Å²) in [6.07, 6.45) is 1.75. The van der Waals surface area contributed by atoms with Gasteiger partial charge in [-0.05, 0) is 42.1 Å². The molecule has 4 nitrogen and oxygen atoms in total. The van der Waals surface area contributed by atoms with Crippen LogP contribution in [0.4, 0.5) is 0 Å². The molecule has 0 spiro atoms. The number of furan rings is 1. The molecule has 0 aliphatic rings. The normalized spacial score (nSPS) is 11.5. The molecule has 0 bridgehead atoms. The predicted octanol–water partition coefficient (Wildman–Crippen LogP) is 5.68. The number of fused-ring (bicyclic) bond motifs is 4. The highest BCUT2D eigenvalue weighted by Crippen LogP contribution is 2.38. The summed E-state index contributed by atoms with van der Waals surface area (Å²) in [6.45, 7) is 1.92. The number of methoxy groups -OCH3 is 1. The fourth-order valence-corrected chi connectivity index (χ4v) is 3.69. The van der Waals surface area contributed by atoms with Gasteiger partial charge in [0.05, 0.1) is 18.8 Å². The van der Waals surface area contributed by atoms with Gasteiger partial charge in [-0.25, -0.2) is 4.79 Å². The van der Waals surface area contributed by atoms with Crippen molar-refractivity contribution in [3.05, 3.63) is 76.8 Å². The van der Waals surface area contributed by atoms with Gasteiger partial charge in [-0.15, -0.1) is 0 Å². The largest absolute Gasteiger partial charge is 0.497 e. The van der Waals surface area contributed by atoms with E-state index in [-0.39, 0.29) is 5.63 Å². The van der Waals surface area contributed by atoms with E-state index in [1.54, 1.807) is 19.4 Å². The van der Waals surface area contributed by atoms with Gasteiger partial charge in [-0.1, -0.05) is 30.3 Å². The lowest BCUT2D eigenvalue weighted by atomic mass is 9.99. The predicted molar refractivity (Wildman–Crippen MR) is 106 cm³/mol. The third kappa shape index (κ3) is 2.27. The second-order valence-electron chi connectivity index (χ2n) is 6.57. The molecule has 3 aromatic carbocycles. The van der Waals surface area contributed by atoms with Crippen LogP contribution in [-0.2, 0) is 0 Å². The van der Waals surface area contributed by atoms with Gasteiger partial charge >= 0.3 is 5.63 Å². The second kappa shape index (κ2) is 5.74. The molecule has 0 aliphatic carbocycles. The molecule has 0 radical (unpaired) electrons. The SMILES string of the molecule is COc1ccc(-c2coc3c(C)c4oc(=O)c5ccccc5c4cc23)cc1. The fraction of sp³-hybridized carbons (Fsp3) is 0.0870. The van der Waals surface area contributed by atoms with Crippen molar-refractivity contribution in [2.45, 2.75) is 6.92 Å². The smallest absolute Gasteiger partial charge is 0.344 e. The van der Waals surface area contributed by atoms with E-state index in [1.807, 2.05) is 55.5 Å². The number of rotatable bonds is 2. The summed E-state index contributed by atoms with van der Waals surface area (Å²) in [7, 11) is 1.65. The van der Waals surface area contributed by atoms with Gasteiger partial charge in [0, 0.05) is 21.9 Å². The Morgan fingerprint density at radius 3 is 2.33 bits per heavy atom. The van der Waals surface area contributed by atoms with Crippen LogP contribution in [0.5, 0.6) is 5.75 Å². The van der Waals surface area contributed by atoms with Crippen LogP contribution in [0.15, 0.2) is 74.5 Å². The number of hydrogen-bond acceptors (Lipinski definition) is 4. The Bertz CT molecular complexity index is 1370. The van der Waals surface area contributed by atoms with Crippen molar-refractivity contribution in [3.8, 4) is 16.9 Å². The first-order chi connectivity index (χ1) is 13.2. The summed E-state index contributed by atoms with van der Waals surface area (Å²) in [6, 6.07) is 17.4. The zero-order valence-corrected chi connectivity index (χ0v) is 14.9. The average molecular weight is 356 g/mol. The van der Waals surface area contributed by atoms with Crippen LogP contribution in [-0.4, -0.2) is 7.11 Å². The Labute approximate surface area is 154 Å². The van der Waals surface area contributed by atoms with Crippen LogP contribution < -0.4 is 10.4 Å². The molecule has 4 heteroatoms. The van der Waals surface area contributed by atoms with Crippen LogP contribution in [0.25, 0.3) is 43.8 Å². The van der Waals surface area contributed by atoms with Gasteiger partial charge in [0.15, 0.2) is 0 Å². The van der Waals surface area contributed by atoms with E-state index in [0.717, 1.165) is 44.2 Å². The fourth-order valence-electron chi connectivity index (χ4n) is 3.69. The third-order valence-corrected chi connectivity index (χ3v) is 5.08. The van der Waals surface area contributed by atoms with E-state index >= 15 is 0 Å². The Morgan fingerprint density at radius 2 is 1.59 bits per heavy atom. The van der Waals surface area contributed by atoms with Gasteiger partial charge in [-0.2, -0.15) is 0 Å². The Kier molecular flexibility index (Phi) is 3.34. The van der Waals surface area contributed by atoms with E-state index in [2.05, 4.69) is 0 Å². The quantitative estimate of drug-likeness (QED) is 0.302. The maximum absolute atomic E-state index is 12.4. The van der Waals surface area contributed by atoms with E-state index in [4.69, 9.17) is 13.6 Å². The summed E-state index contributed by atoms with van der Waals surface area (Å²) < 4.78 is 16.7. The molecule has 0 unspecified atom stereocenters. The monoisotopic (exact) mass is 356 g/mol. The van der Waals surface area contributed by atoms with Crippen molar-refractivity contribution in [2.75, 3.05) is 7.11 Å². The Morgan fingerprint density at radius 1 is 0.852 bits per heavy atom. The molecule has 0 saturated carbocycles. The molecule has 2 aromatic heterocycles. The zero-order chi connectivity index (χ0) is 18.5. The van der Waals surface area contributed by atoms with Gasteiger partial charge in [0.1, 0.15) is 16.9 Å². The molecule has 5 aromatic rings. The molecule has 5 rings (SSSR count). The van der Waals surface area contributed by atoms with Crippen molar-refractivity contribution < 1.29 is 13.6 Å². The van der Waals surface area contributed by atoms with E-state index in [9.17, 15) is 4.79 Å². The van der Waals surface area contributed by atoms with Gasteiger partial charge in [-0.3, -0.25) is 0 Å². The van der Waals surface area contributed by atoms with Crippen LogP contribution in [0, 0.1) is 6.92 Å². The average Bonchev–Trinajstić information content (AvgIpc) is 3.14. The van der Waals surface area contributed by atoms with Gasteiger partial charge < -0.3 is 13.6 Å². The highest BCUT2D eigenvalue weighted by molar-refractivity contribution is 6.12. The molecule has 0 atom stereocenters. The molecular weight excluding hydrogens is 340 g/mol. The molecule has 0 amide bonds. The second-order valence-corrected chi connectivity index (χ2v) is 6.57. The van der Waals surface area contributed by atoms with Crippen LogP contribution in [0.1, 0.15) is 5.56 Å². The van der Waals surface area contributed by atoms with Crippen molar-refractivity contribution in [2.24, 2.45) is 0 Å². The molecular formula is C23H16O4. The molecule has 0 aliphatic heterocycles. The zero-order valence-electron chi connectivity index (χ0n) is 14.9. The van der Waals surface area contributed by atoms with Gasteiger partial charge in [0.25, 0.3) is 0 Å².